The molecule has 0 radical (unpaired) electrons. The summed E-state index contributed by atoms with van der Waals surface area (Å²) in [5, 5.41) is 10.7. The van der Waals surface area contributed by atoms with Gasteiger partial charge in [-0.1, -0.05) is 15.9 Å². The van der Waals surface area contributed by atoms with Crippen LogP contribution in [0.3, 0.4) is 0 Å². The van der Waals surface area contributed by atoms with Crippen molar-refractivity contribution in [3.05, 3.63) is 35.9 Å². The Morgan fingerprint density at radius 3 is 2.57 bits per heavy atom. The Morgan fingerprint density at radius 2 is 2.14 bits per heavy atom. The number of nitrogens with zero attached hydrogens (tertiary/aromatic N) is 1. The van der Waals surface area contributed by atoms with E-state index < -0.39 is 4.92 Å². The zero-order chi connectivity index (χ0) is 10.9. The van der Waals surface area contributed by atoms with Gasteiger partial charge >= 0.3 is 0 Å². The summed E-state index contributed by atoms with van der Waals surface area (Å²) in [4.78, 5) is 21.3. The molecule has 0 spiro atoms. The summed E-state index contributed by atoms with van der Waals surface area (Å²) in [5.41, 5.74) is 0.00933. The first-order chi connectivity index (χ1) is 6.43. The lowest BCUT2D eigenvalue weighted by molar-refractivity contribution is -0.385. The molecular weight excluding hydrogens is 365 g/mol. The average molecular weight is 370 g/mol. The molecule has 1 aromatic rings. The lowest BCUT2D eigenvalue weighted by Crippen LogP contribution is -2.02. The molecule has 0 aromatic heterocycles. The number of benzene rings is 1. The van der Waals surface area contributed by atoms with E-state index in [1.54, 1.807) is 6.07 Å². The SMILES string of the molecule is CC(=O)c1c(I)cc(Br)cc1[N+](=O)[O-]. The summed E-state index contributed by atoms with van der Waals surface area (Å²) in [6.45, 7) is 1.32. The molecule has 0 saturated carbocycles. The molecule has 0 amide bonds. The smallest absolute Gasteiger partial charge is 0.282 e. The van der Waals surface area contributed by atoms with E-state index in [0.717, 1.165) is 0 Å². The molecule has 0 aliphatic carbocycles. The van der Waals surface area contributed by atoms with Gasteiger partial charge < -0.3 is 0 Å². The van der Waals surface area contributed by atoms with E-state index in [2.05, 4.69) is 15.9 Å². The number of nitro groups is 1. The third-order valence-electron chi connectivity index (χ3n) is 1.58. The highest BCUT2D eigenvalue weighted by Gasteiger charge is 2.21. The Kier molecular flexibility index (Phi) is 3.59. The quantitative estimate of drug-likeness (QED) is 0.348. The topological polar surface area (TPSA) is 60.2 Å². The van der Waals surface area contributed by atoms with Gasteiger partial charge in [0.1, 0.15) is 5.56 Å². The lowest BCUT2D eigenvalue weighted by atomic mass is 10.1. The third-order valence-corrected chi connectivity index (χ3v) is 2.89. The van der Waals surface area contributed by atoms with Gasteiger partial charge in [0, 0.05) is 14.1 Å². The third kappa shape index (κ3) is 2.30. The number of ketones is 1. The van der Waals surface area contributed by atoms with Crippen molar-refractivity contribution < 1.29 is 9.72 Å². The highest BCUT2D eigenvalue weighted by molar-refractivity contribution is 14.1. The van der Waals surface area contributed by atoms with Gasteiger partial charge in [0.2, 0.25) is 0 Å². The van der Waals surface area contributed by atoms with Gasteiger partial charge in [-0.3, -0.25) is 14.9 Å². The predicted octanol–water partition coefficient (Wildman–Crippen LogP) is 3.16. The minimum atomic E-state index is -0.552. The molecule has 4 nitrogen and oxygen atoms in total. The van der Waals surface area contributed by atoms with Crippen LogP contribution in [0.25, 0.3) is 0 Å². The number of halogens is 2. The minimum absolute atomic E-state index is 0.156. The molecule has 0 fully saturated rings. The fraction of sp³-hybridized carbons (Fsp3) is 0.125. The number of carbonyl (C=O) groups excluding carboxylic acids is 1. The standard InChI is InChI=1S/C8H5BrINO3/c1-4(12)8-6(10)2-5(9)3-7(8)11(13)14/h2-3H,1H3. The second-order valence-electron chi connectivity index (χ2n) is 2.60. The Balaban J connectivity index is 3.52. The maximum Gasteiger partial charge on any atom is 0.282 e. The monoisotopic (exact) mass is 369 g/mol. The van der Waals surface area contributed by atoms with Crippen LogP contribution in [0.15, 0.2) is 16.6 Å². The van der Waals surface area contributed by atoms with Crippen molar-refractivity contribution in [3.8, 4) is 0 Å². The van der Waals surface area contributed by atoms with E-state index >= 15 is 0 Å². The van der Waals surface area contributed by atoms with Crippen LogP contribution in [0.5, 0.6) is 0 Å². The van der Waals surface area contributed by atoms with Crippen molar-refractivity contribution in [2.24, 2.45) is 0 Å². The summed E-state index contributed by atoms with van der Waals surface area (Å²) in [7, 11) is 0. The Hall–Kier alpha value is -0.500. The van der Waals surface area contributed by atoms with Crippen molar-refractivity contribution in [3.63, 3.8) is 0 Å². The molecule has 0 bridgehead atoms. The molecule has 0 atom stereocenters. The Morgan fingerprint density at radius 1 is 1.57 bits per heavy atom. The van der Waals surface area contributed by atoms with E-state index in [4.69, 9.17) is 0 Å². The van der Waals surface area contributed by atoms with Crippen molar-refractivity contribution in [2.75, 3.05) is 0 Å². The first-order valence-electron chi connectivity index (χ1n) is 3.58. The first-order valence-corrected chi connectivity index (χ1v) is 5.45. The van der Waals surface area contributed by atoms with Crippen molar-refractivity contribution in [2.45, 2.75) is 6.92 Å². The maximum absolute atomic E-state index is 11.2. The molecule has 74 valence electrons. The van der Waals surface area contributed by atoms with Gasteiger partial charge in [-0.2, -0.15) is 0 Å². The molecule has 6 heteroatoms. The van der Waals surface area contributed by atoms with Gasteiger partial charge in [0.05, 0.1) is 4.92 Å². The molecule has 0 saturated heterocycles. The summed E-state index contributed by atoms with van der Waals surface area (Å²) in [6, 6.07) is 3.00. The zero-order valence-electron chi connectivity index (χ0n) is 7.08. The van der Waals surface area contributed by atoms with Gasteiger partial charge in [0.25, 0.3) is 5.69 Å². The van der Waals surface area contributed by atoms with Crippen LogP contribution in [0, 0.1) is 13.7 Å². The van der Waals surface area contributed by atoms with Crippen LogP contribution >= 0.6 is 38.5 Å². The van der Waals surface area contributed by atoms with Crippen molar-refractivity contribution >= 4 is 50.0 Å². The molecule has 0 unspecified atom stereocenters. The van der Waals surface area contributed by atoms with E-state index in [-0.39, 0.29) is 17.0 Å². The summed E-state index contributed by atoms with van der Waals surface area (Å²) in [5.74, 6) is -0.298. The fourth-order valence-corrected chi connectivity index (χ4v) is 2.92. The van der Waals surface area contributed by atoms with Crippen LogP contribution in [-0.2, 0) is 0 Å². The number of rotatable bonds is 2. The van der Waals surface area contributed by atoms with Gasteiger partial charge in [-0.15, -0.1) is 0 Å². The molecule has 1 aromatic carbocycles. The van der Waals surface area contributed by atoms with Gasteiger partial charge in [-0.25, -0.2) is 0 Å². The van der Waals surface area contributed by atoms with Crippen LogP contribution < -0.4 is 0 Å². The van der Waals surface area contributed by atoms with Gasteiger partial charge in [0.15, 0.2) is 5.78 Å². The van der Waals surface area contributed by atoms with Crippen LogP contribution in [0.4, 0.5) is 5.69 Å². The van der Waals surface area contributed by atoms with Crippen molar-refractivity contribution in [1.29, 1.82) is 0 Å². The summed E-state index contributed by atoms with van der Waals surface area (Å²) >= 11 is 5.05. The zero-order valence-corrected chi connectivity index (χ0v) is 10.8. The number of carbonyl (C=O) groups is 1. The highest BCUT2D eigenvalue weighted by Crippen LogP contribution is 2.28. The molecule has 1 rings (SSSR count). The van der Waals surface area contributed by atoms with Crippen molar-refractivity contribution in [1.82, 2.24) is 0 Å². The molecule has 0 aliphatic rings. The largest absolute Gasteiger partial charge is 0.294 e. The molecule has 0 heterocycles. The van der Waals surface area contributed by atoms with Crippen LogP contribution in [0.2, 0.25) is 0 Å². The maximum atomic E-state index is 11.2. The average Bonchev–Trinajstić information content (AvgIpc) is 2.01. The molecule has 0 aliphatic heterocycles. The minimum Gasteiger partial charge on any atom is -0.294 e. The Bertz CT molecular complexity index is 419. The molecule has 0 N–H and O–H groups in total. The van der Waals surface area contributed by atoms with Gasteiger partial charge in [-0.05, 0) is 35.6 Å². The second-order valence-corrected chi connectivity index (χ2v) is 4.67. The molecular formula is C8H5BrINO3. The van der Waals surface area contributed by atoms with E-state index in [9.17, 15) is 14.9 Å². The summed E-state index contributed by atoms with van der Waals surface area (Å²) in [6.07, 6.45) is 0. The highest BCUT2D eigenvalue weighted by atomic mass is 127. The Labute approximate surface area is 102 Å². The van der Waals surface area contributed by atoms with Crippen LogP contribution in [-0.4, -0.2) is 10.7 Å². The van der Waals surface area contributed by atoms with E-state index in [0.29, 0.717) is 8.04 Å². The fourth-order valence-electron chi connectivity index (χ4n) is 1.05. The predicted molar refractivity (Wildman–Crippen MR) is 63.5 cm³/mol. The first kappa shape index (κ1) is 11.6. The number of Topliss-reactive ketones (excluding diaryl/α,β-unsaturated/α-hetero) is 1. The number of hydrogen-bond acceptors (Lipinski definition) is 3. The number of nitro benzene ring substituents is 1. The van der Waals surface area contributed by atoms with E-state index in [1.807, 2.05) is 22.6 Å². The number of hydrogen-bond donors (Lipinski definition) is 0. The normalized spacial score (nSPS) is 9.93. The summed E-state index contributed by atoms with van der Waals surface area (Å²) < 4.78 is 1.18. The van der Waals surface area contributed by atoms with E-state index in [1.165, 1.54) is 13.0 Å². The molecule has 14 heavy (non-hydrogen) atoms. The van der Waals surface area contributed by atoms with Crippen LogP contribution in [0.1, 0.15) is 17.3 Å². The second kappa shape index (κ2) is 4.35. The lowest BCUT2D eigenvalue weighted by Gasteiger charge is -2.02.